The summed E-state index contributed by atoms with van der Waals surface area (Å²) in [4.78, 5) is 24.0. The third kappa shape index (κ3) is 4.67. The predicted molar refractivity (Wildman–Crippen MR) is 108 cm³/mol. The van der Waals surface area contributed by atoms with Gasteiger partial charge in [0.2, 0.25) is 0 Å². The summed E-state index contributed by atoms with van der Waals surface area (Å²) in [6.07, 6.45) is 0. The van der Waals surface area contributed by atoms with Gasteiger partial charge in [-0.2, -0.15) is 5.26 Å². The Hall–Kier alpha value is -4.05. The van der Waals surface area contributed by atoms with Crippen molar-refractivity contribution in [3.63, 3.8) is 0 Å². The summed E-state index contributed by atoms with van der Waals surface area (Å²) >= 11 is 0. The highest BCUT2D eigenvalue weighted by atomic mass is 19.1. The normalized spacial score (nSPS) is 11.3. The molecule has 3 aromatic carbocycles. The zero-order chi connectivity index (χ0) is 21.7. The number of imide groups is 1. The molecule has 1 unspecified atom stereocenters. The first-order valence-corrected chi connectivity index (χ1v) is 9.01. The van der Waals surface area contributed by atoms with Crippen LogP contribution in [0.1, 0.15) is 33.0 Å². The van der Waals surface area contributed by atoms with Gasteiger partial charge in [0.05, 0.1) is 12.0 Å². The summed E-state index contributed by atoms with van der Waals surface area (Å²) in [6.45, 7) is 1.96. The fourth-order valence-corrected chi connectivity index (χ4v) is 2.90. The van der Waals surface area contributed by atoms with E-state index in [2.05, 4.69) is 11.4 Å². The molecule has 2 N–H and O–H groups in total. The number of halogens is 2. The quantitative estimate of drug-likeness (QED) is 0.648. The van der Waals surface area contributed by atoms with Crippen molar-refractivity contribution >= 4 is 17.6 Å². The molecule has 0 aliphatic carbocycles. The summed E-state index contributed by atoms with van der Waals surface area (Å²) in [5, 5.41) is 13.8. The zero-order valence-corrected chi connectivity index (χ0v) is 15.9. The molecule has 0 heterocycles. The third-order valence-electron chi connectivity index (χ3n) is 4.46. The number of carbonyl (C=O) groups excluding carboxylic acids is 2. The van der Waals surface area contributed by atoms with Crippen LogP contribution in [0.15, 0.2) is 66.7 Å². The van der Waals surface area contributed by atoms with Gasteiger partial charge < -0.3 is 5.32 Å². The van der Waals surface area contributed by atoms with E-state index in [1.807, 2.05) is 36.5 Å². The Balaban J connectivity index is 1.68. The number of benzene rings is 3. The number of carbonyl (C=O) groups is 2. The van der Waals surface area contributed by atoms with E-state index in [0.29, 0.717) is 5.69 Å². The van der Waals surface area contributed by atoms with Gasteiger partial charge in [-0.15, -0.1) is 0 Å². The lowest BCUT2D eigenvalue weighted by Gasteiger charge is -2.12. The zero-order valence-electron chi connectivity index (χ0n) is 15.9. The molecule has 150 valence electrons. The number of amides is 3. The Morgan fingerprint density at radius 3 is 1.97 bits per heavy atom. The van der Waals surface area contributed by atoms with E-state index in [0.717, 1.165) is 34.9 Å². The predicted octanol–water partition coefficient (Wildman–Crippen LogP) is 4.89. The first kappa shape index (κ1) is 20.7. The maximum absolute atomic E-state index is 13.6. The van der Waals surface area contributed by atoms with E-state index in [4.69, 9.17) is 0 Å². The summed E-state index contributed by atoms with van der Waals surface area (Å²) in [6, 6.07) is 18.4. The van der Waals surface area contributed by atoms with Gasteiger partial charge >= 0.3 is 6.03 Å². The average Bonchev–Trinajstić information content (AvgIpc) is 2.71. The van der Waals surface area contributed by atoms with Crippen molar-refractivity contribution in [3.8, 4) is 6.07 Å². The number of aryl methyl sites for hydroxylation is 1. The van der Waals surface area contributed by atoms with Gasteiger partial charge in [0.1, 0.15) is 17.2 Å². The number of rotatable bonds is 4. The Morgan fingerprint density at radius 2 is 1.43 bits per heavy atom. The number of urea groups is 1. The molecule has 0 bridgehead atoms. The third-order valence-corrected chi connectivity index (χ3v) is 4.46. The highest BCUT2D eigenvalue weighted by Gasteiger charge is 2.19. The molecule has 3 rings (SSSR count). The molecule has 30 heavy (non-hydrogen) atoms. The number of hydrogen-bond acceptors (Lipinski definition) is 3. The molecule has 3 amide bonds. The molecule has 0 aromatic heterocycles. The van der Waals surface area contributed by atoms with Gasteiger partial charge in [-0.1, -0.05) is 48.0 Å². The maximum atomic E-state index is 13.6. The molecule has 3 aromatic rings. The Morgan fingerprint density at radius 1 is 0.900 bits per heavy atom. The topological polar surface area (TPSA) is 82.0 Å². The van der Waals surface area contributed by atoms with Crippen LogP contribution in [-0.2, 0) is 0 Å². The van der Waals surface area contributed by atoms with Crippen molar-refractivity contribution in [2.24, 2.45) is 0 Å². The van der Waals surface area contributed by atoms with Crippen LogP contribution in [0.2, 0.25) is 0 Å². The first-order chi connectivity index (χ1) is 14.4. The molecule has 0 fully saturated rings. The molecule has 0 spiro atoms. The molecule has 0 aliphatic rings. The smallest absolute Gasteiger partial charge is 0.308 e. The van der Waals surface area contributed by atoms with Gasteiger partial charge in [0.15, 0.2) is 0 Å². The lowest BCUT2D eigenvalue weighted by Crippen LogP contribution is -2.35. The van der Waals surface area contributed by atoms with E-state index < -0.39 is 35.1 Å². The maximum Gasteiger partial charge on any atom is 0.326 e. The van der Waals surface area contributed by atoms with Crippen LogP contribution in [0, 0.1) is 29.9 Å². The van der Waals surface area contributed by atoms with Crippen LogP contribution in [0.4, 0.5) is 19.3 Å². The lowest BCUT2D eigenvalue weighted by molar-refractivity contribution is 0.0959. The summed E-state index contributed by atoms with van der Waals surface area (Å²) in [5.74, 6) is -3.80. The molecular weight excluding hydrogens is 388 g/mol. The van der Waals surface area contributed by atoms with Crippen molar-refractivity contribution in [3.05, 3.63) is 101 Å². The van der Waals surface area contributed by atoms with Crippen LogP contribution in [0.25, 0.3) is 0 Å². The highest BCUT2D eigenvalue weighted by molar-refractivity contribution is 6.08. The number of hydrogen-bond donors (Lipinski definition) is 2. The van der Waals surface area contributed by atoms with Crippen LogP contribution in [-0.4, -0.2) is 11.9 Å². The van der Waals surface area contributed by atoms with Crippen molar-refractivity contribution in [1.29, 1.82) is 5.26 Å². The van der Waals surface area contributed by atoms with Crippen LogP contribution < -0.4 is 10.6 Å². The van der Waals surface area contributed by atoms with Crippen LogP contribution in [0.5, 0.6) is 0 Å². The molecule has 0 radical (unpaired) electrons. The summed E-state index contributed by atoms with van der Waals surface area (Å²) < 4.78 is 27.3. The number of nitriles is 1. The van der Waals surface area contributed by atoms with E-state index in [-0.39, 0.29) is 0 Å². The van der Waals surface area contributed by atoms with Crippen molar-refractivity contribution < 1.29 is 18.4 Å². The second kappa shape index (κ2) is 8.97. The van der Waals surface area contributed by atoms with Gasteiger partial charge in [0, 0.05) is 5.69 Å². The largest absolute Gasteiger partial charge is 0.326 e. The molecule has 0 aliphatic heterocycles. The molecule has 1 atom stereocenters. The van der Waals surface area contributed by atoms with Crippen LogP contribution >= 0.6 is 0 Å². The summed E-state index contributed by atoms with van der Waals surface area (Å²) in [7, 11) is 0. The van der Waals surface area contributed by atoms with Gasteiger partial charge in [-0.3, -0.25) is 10.1 Å². The lowest BCUT2D eigenvalue weighted by atomic mass is 9.92. The number of anilines is 1. The minimum absolute atomic E-state index is 0.346. The Bertz CT molecular complexity index is 1100. The fraction of sp³-hybridized carbons (Fsp3) is 0.0870. The number of nitrogens with zero attached hydrogens (tertiary/aromatic N) is 1. The molecule has 5 nitrogen and oxygen atoms in total. The minimum atomic E-state index is -1.19. The fourth-order valence-electron chi connectivity index (χ4n) is 2.90. The average molecular weight is 405 g/mol. The van der Waals surface area contributed by atoms with Crippen molar-refractivity contribution in [2.45, 2.75) is 12.8 Å². The Labute approximate surface area is 172 Å². The second-order valence-electron chi connectivity index (χ2n) is 6.60. The van der Waals surface area contributed by atoms with E-state index >= 15 is 0 Å². The standard InChI is InChI=1S/C23H17F2N3O2/c1-14-5-7-15(8-6-14)18(13-26)16-9-11-17(12-10-16)27-23(30)28-22(29)21-19(24)3-2-4-20(21)25/h2-12,18H,1H3,(H2,27,28,29,30). The van der Waals surface area contributed by atoms with Gasteiger partial charge in [0.25, 0.3) is 5.91 Å². The monoisotopic (exact) mass is 405 g/mol. The van der Waals surface area contributed by atoms with Crippen molar-refractivity contribution in [2.75, 3.05) is 5.32 Å². The van der Waals surface area contributed by atoms with E-state index in [1.54, 1.807) is 24.3 Å². The van der Waals surface area contributed by atoms with Crippen LogP contribution in [0.3, 0.4) is 0 Å². The van der Waals surface area contributed by atoms with Crippen molar-refractivity contribution in [1.82, 2.24) is 5.32 Å². The minimum Gasteiger partial charge on any atom is -0.308 e. The molecular formula is C23H17F2N3O2. The highest BCUT2D eigenvalue weighted by Crippen LogP contribution is 2.25. The van der Waals surface area contributed by atoms with Gasteiger partial charge in [-0.25, -0.2) is 13.6 Å². The second-order valence-corrected chi connectivity index (χ2v) is 6.60. The summed E-state index contributed by atoms with van der Waals surface area (Å²) in [5.41, 5.74) is 2.18. The number of nitrogens with one attached hydrogen (secondary N) is 2. The van der Waals surface area contributed by atoms with Gasteiger partial charge in [-0.05, 0) is 42.3 Å². The molecule has 0 saturated heterocycles. The van der Waals surface area contributed by atoms with E-state index in [1.165, 1.54) is 0 Å². The van der Waals surface area contributed by atoms with E-state index in [9.17, 15) is 23.6 Å². The molecule has 0 saturated carbocycles. The SMILES string of the molecule is Cc1ccc(C(C#N)c2ccc(NC(=O)NC(=O)c3c(F)cccc3F)cc2)cc1. The Kier molecular flexibility index (Phi) is 6.18. The molecule has 7 heteroatoms. The first-order valence-electron chi connectivity index (χ1n) is 9.01.